The molecule has 12 heteroatoms. The Hall–Kier alpha value is -4.45. The summed E-state index contributed by atoms with van der Waals surface area (Å²) in [6.45, 7) is 7.05. The largest absolute Gasteiger partial charge is 0.493 e. The van der Waals surface area contributed by atoms with Gasteiger partial charge in [0.25, 0.3) is 11.8 Å². The summed E-state index contributed by atoms with van der Waals surface area (Å²) in [7, 11) is 0. The Kier molecular flexibility index (Phi) is 6.99. The van der Waals surface area contributed by atoms with Crippen molar-refractivity contribution >= 4 is 29.7 Å². The summed E-state index contributed by atoms with van der Waals surface area (Å²) in [6.07, 6.45) is -2.61. The number of carbonyl (C=O) groups excluding carboxylic acids is 5. The van der Waals surface area contributed by atoms with Crippen LogP contribution in [0.4, 0.5) is 0 Å². The average Bonchev–Trinajstić information content (AvgIpc) is 3.84. The lowest BCUT2D eigenvalue weighted by atomic mass is 9.52. The molecule has 8 rings (SSSR count). The van der Waals surface area contributed by atoms with Crippen LogP contribution in [0.1, 0.15) is 72.7 Å². The third-order valence-electron chi connectivity index (χ3n) is 12.1. The third-order valence-corrected chi connectivity index (χ3v) is 12.1. The van der Waals surface area contributed by atoms with E-state index in [-0.39, 0.29) is 30.4 Å². The van der Waals surface area contributed by atoms with E-state index in [1.165, 1.54) is 4.90 Å². The van der Waals surface area contributed by atoms with Crippen LogP contribution in [-0.2, 0) is 35.0 Å². The van der Waals surface area contributed by atoms with Crippen molar-refractivity contribution in [3.8, 4) is 5.75 Å². The summed E-state index contributed by atoms with van der Waals surface area (Å²) in [5.74, 6) is -2.11. The quantitative estimate of drug-likeness (QED) is 0.371. The van der Waals surface area contributed by atoms with Crippen LogP contribution in [0, 0.1) is 22.2 Å². The maximum atomic E-state index is 14.7. The number of carbonyl (C=O) groups is 5. The smallest absolute Gasteiger partial charge is 0.338 e. The summed E-state index contributed by atoms with van der Waals surface area (Å²) in [6, 6.07) is 13.7. The van der Waals surface area contributed by atoms with E-state index >= 15 is 0 Å². The van der Waals surface area contributed by atoms with Crippen LogP contribution in [-0.4, -0.2) is 94.9 Å². The fourth-order valence-corrected chi connectivity index (χ4v) is 9.63. The highest BCUT2D eigenvalue weighted by molar-refractivity contribution is 5.99. The van der Waals surface area contributed by atoms with Crippen molar-refractivity contribution in [3.05, 3.63) is 65.2 Å². The van der Waals surface area contributed by atoms with Crippen molar-refractivity contribution in [2.75, 3.05) is 26.2 Å². The van der Waals surface area contributed by atoms with Gasteiger partial charge in [0, 0.05) is 38.0 Å². The highest BCUT2D eigenvalue weighted by Gasteiger charge is 2.93. The summed E-state index contributed by atoms with van der Waals surface area (Å²) in [5, 5.41) is 12.9. The molecule has 12 nitrogen and oxygen atoms in total. The van der Waals surface area contributed by atoms with Gasteiger partial charge in [0.2, 0.25) is 0 Å². The number of piperidine rings is 1. The van der Waals surface area contributed by atoms with E-state index in [2.05, 4.69) is 0 Å². The molecule has 2 aromatic carbocycles. The van der Waals surface area contributed by atoms with E-state index in [1.807, 2.05) is 12.1 Å². The molecule has 49 heavy (non-hydrogen) atoms. The molecule has 4 saturated heterocycles. The Balaban J connectivity index is 1.11. The Morgan fingerprint density at radius 2 is 1.73 bits per heavy atom. The van der Waals surface area contributed by atoms with Gasteiger partial charge in [0.05, 0.1) is 24.2 Å². The van der Waals surface area contributed by atoms with Crippen LogP contribution in [0.25, 0.3) is 0 Å². The van der Waals surface area contributed by atoms with Crippen LogP contribution >= 0.6 is 0 Å². The molecule has 5 heterocycles. The van der Waals surface area contributed by atoms with Crippen molar-refractivity contribution in [1.82, 2.24) is 9.80 Å². The molecule has 5 fully saturated rings. The molecule has 2 aromatic rings. The second kappa shape index (κ2) is 10.8. The van der Waals surface area contributed by atoms with Gasteiger partial charge in [-0.15, -0.1) is 0 Å². The Labute approximate surface area is 283 Å². The number of amides is 2. The van der Waals surface area contributed by atoms with Gasteiger partial charge < -0.3 is 33.9 Å². The standard InChI is InChI=1S/C37H40N2O10/c1-34(2,3)36(45)18-26-35(19-27(40)47-26)33(44)49-32-37(35,36)28(48-31(43)22-7-5-4-6-8-22)30(42)39(32)20-21-11-14-38(15-12-21)29(41)24-9-10-25-23(17-24)13-16-46-25/h4-10,17,21,26,28,32,45H,11-16,18-20H2,1-3H3/t26-,28-,32-,35-,36+,37+/m0/s1. The van der Waals surface area contributed by atoms with E-state index in [0.717, 1.165) is 17.7 Å². The molecule has 1 saturated carbocycles. The lowest BCUT2D eigenvalue weighted by molar-refractivity contribution is -0.212. The Morgan fingerprint density at radius 3 is 2.45 bits per heavy atom. The molecule has 1 N–H and O–H groups in total. The van der Waals surface area contributed by atoms with Gasteiger partial charge in [-0.2, -0.15) is 0 Å². The topological polar surface area (TPSA) is 149 Å². The number of fused-ring (bicyclic) bond motifs is 1. The predicted octanol–water partition coefficient (Wildman–Crippen LogP) is 2.89. The van der Waals surface area contributed by atoms with Crippen LogP contribution < -0.4 is 4.74 Å². The van der Waals surface area contributed by atoms with Crippen LogP contribution in [0.5, 0.6) is 5.75 Å². The molecular formula is C37H40N2O10. The van der Waals surface area contributed by atoms with Gasteiger partial charge in [-0.3, -0.25) is 19.2 Å². The summed E-state index contributed by atoms with van der Waals surface area (Å²) in [4.78, 5) is 72.0. The van der Waals surface area contributed by atoms with Crippen LogP contribution in [0.15, 0.2) is 48.5 Å². The van der Waals surface area contributed by atoms with E-state index < -0.39 is 70.5 Å². The normalized spacial score (nSPS) is 33.4. The first-order chi connectivity index (χ1) is 23.3. The third kappa shape index (κ3) is 4.22. The minimum absolute atomic E-state index is 0.0676. The maximum absolute atomic E-state index is 14.7. The summed E-state index contributed by atoms with van der Waals surface area (Å²) >= 11 is 0. The fourth-order valence-electron chi connectivity index (χ4n) is 9.63. The number of aliphatic hydroxyl groups is 1. The Bertz CT molecular complexity index is 1760. The number of esters is 3. The molecule has 1 aliphatic carbocycles. The number of hydrogen-bond acceptors (Lipinski definition) is 10. The number of hydrogen-bond donors (Lipinski definition) is 1. The zero-order valence-corrected chi connectivity index (χ0v) is 27.8. The van der Waals surface area contributed by atoms with Gasteiger partial charge in [-0.1, -0.05) is 39.0 Å². The van der Waals surface area contributed by atoms with Crippen molar-refractivity contribution in [1.29, 1.82) is 0 Å². The minimum atomic E-state index is -1.83. The minimum Gasteiger partial charge on any atom is -0.493 e. The first kappa shape index (κ1) is 31.8. The number of nitrogens with zero attached hydrogens (tertiary/aromatic N) is 2. The SMILES string of the molecule is CC(C)(C)[C@]1(O)C[C@@H]2OC(=O)C[C@@]23C(=O)O[C@@H]2N(CC4CCN(C(=O)c5ccc6c(c5)CCO6)CC4)C(=O)[C@H](OC(=O)c4ccccc4)[C@]213. The highest BCUT2D eigenvalue weighted by atomic mass is 16.6. The zero-order valence-electron chi connectivity index (χ0n) is 27.8. The van der Waals surface area contributed by atoms with Crippen LogP contribution in [0.3, 0.4) is 0 Å². The van der Waals surface area contributed by atoms with Crippen molar-refractivity contribution in [3.63, 3.8) is 0 Å². The summed E-state index contributed by atoms with van der Waals surface area (Å²) in [5.41, 5.74) is -4.54. The number of rotatable bonds is 5. The first-order valence-corrected chi connectivity index (χ1v) is 17.1. The van der Waals surface area contributed by atoms with Gasteiger partial charge in [-0.05, 0) is 60.1 Å². The average molecular weight is 673 g/mol. The molecule has 258 valence electrons. The Morgan fingerprint density at radius 1 is 1.00 bits per heavy atom. The number of ether oxygens (including phenoxy) is 4. The second-order valence-electron chi connectivity index (χ2n) is 15.4. The van der Waals surface area contributed by atoms with Gasteiger partial charge in [0.15, 0.2) is 12.3 Å². The van der Waals surface area contributed by atoms with Crippen molar-refractivity contribution in [2.24, 2.45) is 22.2 Å². The lowest BCUT2D eigenvalue weighted by Gasteiger charge is -2.51. The lowest BCUT2D eigenvalue weighted by Crippen LogP contribution is -2.66. The molecule has 2 amide bonds. The summed E-state index contributed by atoms with van der Waals surface area (Å²) < 4.78 is 23.5. The molecule has 5 aliphatic heterocycles. The van der Waals surface area contributed by atoms with Gasteiger partial charge in [0.1, 0.15) is 22.7 Å². The molecule has 6 atom stereocenters. The molecule has 6 aliphatic rings. The second-order valence-corrected chi connectivity index (χ2v) is 15.4. The predicted molar refractivity (Wildman–Crippen MR) is 170 cm³/mol. The van der Waals surface area contributed by atoms with E-state index in [1.54, 1.807) is 62.1 Å². The molecule has 0 bridgehead atoms. The van der Waals surface area contributed by atoms with Gasteiger partial charge >= 0.3 is 17.9 Å². The molecule has 0 unspecified atom stereocenters. The highest BCUT2D eigenvalue weighted by Crippen LogP contribution is 2.76. The monoisotopic (exact) mass is 672 g/mol. The first-order valence-electron chi connectivity index (χ1n) is 17.1. The fraction of sp³-hybridized carbons (Fsp3) is 0.541. The van der Waals surface area contributed by atoms with Crippen LogP contribution in [0.2, 0.25) is 0 Å². The van der Waals surface area contributed by atoms with Gasteiger partial charge in [-0.25, -0.2) is 4.79 Å². The maximum Gasteiger partial charge on any atom is 0.338 e. The number of benzene rings is 2. The molecule has 0 radical (unpaired) electrons. The van der Waals surface area contributed by atoms with E-state index in [0.29, 0.717) is 38.1 Å². The molecule has 2 spiro atoms. The molecule has 0 aromatic heterocycles. The van der Waals surface area contributed by atoms with E-state index in [9.17, 15) is 29.1 Å². The molecular weight excluding hydrogens is 632 g/mol. The zero-order chi connectivity index (χ0) is 34.5. The van der Waals surface area contributed by atoms with Crippen molar-refractivity contribution in [2.45, 2.75) is 76.9 Å². The number of likely N-dealkylation sites (tertiary alicyclic amines) is 2. The van der Waals surface area contributed by atoms with E-state index in [4.69, 9.17) is 18.9 Å². The van der Waals surface area contributed by atoms with Crippen molar-refractivity contribution < 1.29 is 48.0 Å².